The van der Waals surface area contributed by atoms with E-state index in [0.29, 0.717) is 39.2 Å². The van der Waals surface area contributed by atoms with Gasteiger partial charge in [0.1, 0.15) is 5.75 Å². The summed E-state index contributed by atoms with van der Waals surface area (Å²) in [5, 5.41) is 11.3. The molecule has 0 atom stereocenters. The van der Waals surface area contributed by atoms with E-state index in [1.54, 1.807) is 44.0 Å². The zero-order valence-electron chi connectivity index (χ0n) is 16.3. The molecule has 154 valence electrons. The SMILES string of the molecule is Cc1cc(OC(F)F)ccc1NC(=O)c1cc(-c2cnn(C)c2)nc2onc(C)c12. The number of amides is 1. The number of pyridine rings is 1. The average Bonchev–Trinajstić information content (AvgIpc) is 3.29. The number of fused-ring (bicyclic) bond motifs is 1. The first-order valence-corrected chi connectivity index (χ1v) is 8.94. The minimum atomic E-state index is -2.92. The van der Waals surface area contributed by atoms with Crippen molar-refractivity contribution in [2.24, 2.45) is 7.05 Å². The number of hydrogen-bond acceptors (Lipinski definition) is 6. The van der Waals surface area contributed by atoms with Gasteiger partial charge in [0.15, 0.2) is 0 Å². The van der Waals surface area contributed by atoms with Crippen LogP contribution in [0.2, 0.25) is 0 Å². The first-order chi connectivity index (χ1) is 14.3. The fourth-order valence-electron chi connectivity index (χ4n) is 3.12. The van der Waals surface area contributed by atoms with Crippen molar-refractivity contribution in [1.29, 1.82) is 0 Å². The molecule has 0 saturated heterocycles. The largest absolute Gasteiger partial charge is 0.435 e. The van der Waals surface area contributed by atoms with Crippen LogP contribution in [0.15, 0.2) is 41.2 Å². The Hall–Kier alpha value is -3.82. The highest BCUT2D eigenvalue weighted by molar-refractivity contribution is 6.13. The average molecular weight is 413 g/mol. The van der Waals surface area contributed by atoms with Crippen molar-refractivity contribution in [2.75, 3.05) is 5.32 Å². The molecule has 4 aromatic rings. The van der Waals surface area contributed by atoms with Gasteiger partial charge in [-0.25, -0.2) is 4.98 Å². The molecule has 4 rings (SSSR count). The first-order valence-electron chi connectivity index (χ1n) is 8.94. The lowest BCUT2D eigenvalue weighted by atomic mass is 10.1. The summed E-state index contributed by atoms with van der Waals surface area (Å²) in [6.07, 6.45) is 3.40. The lowest BCUT2D eigenvalue weighted by Crippen LogP contribution is -2.14. The number of ether oxygens (including phenoxy) is 1. The maximum atomic E-state index is 13.1. The summed E-state index contributed by atoms with van der Waals surface area (Å²) in [6.45, 7) is 0.481. The molecule has 8 nitrogen and oxygen atoms in total. The van der Waals surface area contributed by atoms with Gasteiger partial charge in [-0.1, -0.05) is 5.16 Å². The number of anilines is 1. The molecule has 1 amide bonds. The third kappa shape index (κ3) is 3.71. The number of aromatic nitrogens is 4. The molecule has 3 aromatic heterocycles. The van der Waals surface area contributed by atoms with Gasteiger partial charge in [0.25, 0.3) is 11.6 Å². The van der Waals surface area contributed by atoms with Gasteiger partial charge in [-0.15, -0.1) is 0 Å². The molecule has 0 bridgehead atoms. The fraction of sp³-hybridized carbons (Fsp3) is 0.200. The van der Waals surface area contributed by atoms with E-state index in [9.17, 15) is 13.6 Å². The lowest BCUT2D eigenvalue weighted by Gasteiger charge is -2.12. The summed E-state index contributed by atoms with van der Waals surface area (Å²) < 4.78 is 36.1. The van der Waals surface area contributed by atoms with E-state index in [0.717, 1.165) is 0 Å². The zero-order chi connectivity index (χ0) is 21.4. The minimum Gasteiger partial charge on any atom is -0.435 e. The van der Waals surface area contributed by atoms with Crippen molar-refractivity contribution in [3.8, 4) is 17.0 Å². The molecule has 1 N–H and O–H groups in total. The number of halogens is 2. The second kappa shape index (κ2) is 7.54. The monoisotopic (exact) mass is 413 g/mol. The van der Waals surface area contributed by atoms with E-state index in [4.69, 9.17) is 4.52 Å². The van der Waals surface area contributed by atoms with Gasteiger partial charge in [-0.3, -0.25) is 9.48 Å². The summed E-state index contributed by atoms with van der Waals surface area (Å²) in [5.74, 6) is -0.398. The van der Waals surface area contributed by atoms with Crippen molar-refractivity contribution in [3.05, 3.63) is 53.5 Å². The normalized spacial score (nSPS) is 11.3. The number of benzene rings is 1. The minimum absolute atomic E-state index is 0.0144. The maximum absolute atomic E-state index is 13.1. The van der Waals surface area contributed by atoms with E-state index in [1.807, 2.05) is 0 Å². The molecule has 0 aliphatic rings. The predicted octanol–water partition coefficient (Wildman–Crippen LogP) is 4.09. The number of rotatable bonds is 5. The van der Waals surface area contributed by atoms with E-state index in [1.165, 1.54) is 18.2 Å². The molecule has 10 heteroatoms. The highest BCUT2D eigenvalue weighted by Gasteiger charge is 2.20. The number of carbonyl (C=O) groups is 1. The van der Waals surface area contributed by atoms with Crippen molar-refractivity contribution < 1.29 is 22.8 Å². The maximum Gasteiger partial charge on any atom is 0.387 e. The van der Waals surface area contributed by atoms with Gasteiger partial charge in [0, 0.05) is 24.5 Å². The van der Waals surface area contributed by atoms with Gasteiger partial charge in [-0.2, -0.15) is 13.9 Å². The quantitative estimate of drug-likeness (QED) is 0.529. The molecule has 1 aromatic carbocycles. The Kier molecular flexibility index (Phi) is 4.90. The topological polar surface area (TPSA) is 95.1 Å². The molecule has 0 aliphatic heterocycles. The number of nitrogens with one attached hydrogen (secondary N) is 1. The highest BCUT2D eigenvalue weighted by atomic mass is 19.3. The van der Waals surface area contributed by atoms with Crippen LogP contribution in [0.25, 0.3) is 22.4 Å². The predicted molar refractivity (Wildman–Crippen MR) is 105 cm³/mol. The molecule has 0 saturated carbocycles. The van der Waals surface area contributed by atoms with E-state index < -0.39 is 12.5 Å². The number of nitrogens with zero attached hydrogens (tertiary/aromatic N) is 4. The molecule has 3 heterocycles. The molecule has 0 radical (unpaired) electrons. The molecular formula is C20H17F2N5O3. The zero-order valence-corrected chi connectivity index (χ0v) is 16.3. The second-order valence-electron chi connectivity index (χ2n) is 6.72. The number of aryl methyl sites for hydroxylation is 3. The Labute approximate surface area is 169 Å². The highest BCUT2D eigenvalue weighted by Crippen LogP contribution is 2.29. The van der Waals surface area contributed by atoms with Crippen LogP contribution in [0, 0.1) is 13.8 Å². The standard InChI is InChI=1S/C20H17F2N5O3/c1-10-6-13(29-20(21)22)4-5-15(10)24-18(28)14-7-16(12-8-23-27(3)9-12)25-19-17(14)11(2)26-30-19/h4-9,20H,1-3H3,(H,24,28). The Morgan fingerprint density at radius 1 is 1.27 bits per heavy atom. The fourth-order valence-corrected chi connectivity index (χ4v) is 3.12. The second-order valence-corrected chi connectivity index (χ2v) is 6.72. The molecule has 0 aliphatic carbocycles. The summed E-state index contributed by atoms with van der Waals surface area (Å²) >= 11 is 0. The van der Waals surface area contributed by atoms with Crippen LogP contribution in [0.4, 0.5) is 14.5 Å². The van der Waals surface area contributed by atoms with Crippen LogP contribution in [-0.2, 0) is 7.05 Å². The van der Waals surface area contributed by atoms with Gasteiger partial charge in [0.05, 0.1) is 28.5 Å². The molecule has 0 fully saturated rings. The van der Waals surface area contributed by atoms with Crippen LogP contribution in [0.1, 0.15) is 21.6 Å². The van der Waals surface area contributed by atoms with Gasteiger partial charge in [-0.05, 0) is 43.7 Å². The molecular weight excluding hydrogens is 396 g/mol. The third-order valence-corrected chi connectivity index (χ3v) is 4.53. The summed E-state index contributed by atoms with van der Waals surface area (Å²) in [7, 11) is 1.78. The summed E-state index contributed by atoms with van der Waals surface area (Å²) in [4.78, 5) is 17.5. The van der Waals surface area contributed by atoms with Crippen molar-refractivity contribution in [1.82, 2.24) is 19.9 Å². The van der Waals surface area contributed by atoms with Gasteiger partial charge >= 0.3 is 6.61 Å². The molecule has 0 unspecified atom stereocenters. The third-order valence-electron chi connectivity index (χ3n) is 4.53. The van der Waals surface area contributed by atoms with Crippen molar-refractivity contribution in [3.63, 3.8) is 0 Å². The first kappa shape index (κ1) is 19.5. The van der Waals surface area contributed by atoms with Crippen molar-refractivity contribution in [2.45, 2.75) is 20.5 Å². The molecule has 0 spiro atoms. The Balaban J connectivity index is 1.71. The lowest BCUT2D eigenvalue weighted by molar-refractivity contribution is -0.0498. The summed E-state index contributed by atoms with van der Waals surface area (Å²) in [6, 6.07) is 5.94. The van der Waals surface area contributed by atoms with Crippen LogP contribution in [0.3, 0.4) is 0 Å². The Morgan fingerprint density at radius 3 is 2.73 bits per heavy atom. The number of hydrogen-bond donors (Lipinski definition) is 1. The van der Waals surface area contributed by atoms with Crippen LogP contribution >= 0.6 is 0 Å². The van der Waals surface area contributed by atoms with E-state index >= 15 is 0 Å². The molecule has 30 heavy (non-hydrogen) atoms. The van der Waals surface area contributed by atoms with Crippen molar-refractivity contribution >= 4 is 22.7 Å². The van der Waals surface area contributed by atoms with Crippen LogP contribution < -0.4 is 10.1 Å². The number of alkyl halides is 2. The van der Waals surface area contributed by atoms with E-state index in [-0.39, 0.29) is 11.5 Å². The smallest absolute Gasteiger partial charge is 0.387 e. The Morgan fingerprint density at radius 2 is 2.07 bits per heavy atom. The number of carbonyl (C=O) groups excluding carboxylic acids is 1. The van der Waals surface area contributed by atoms with Gasteiger partial charge in [0.2, 0.25) is 0 Å². The van der Waals surface area contributed by atoms with E-state index in [2.05, 4.69) is 25.3 Å². The summed E-state index contributed by atoms with van der Waals surface area (Å²) in [5.41, 5.74) is 3.34. The van der Waals surface area contributed by atoms with Gasteiger partial charge < -0.3 is 14.6 Å². The Bertz CT molecular complexity index is 1250. The van der Waals surface area contributed by atoms with Crippen LogP contribution in [-0.4, -0.2) is 32.4 Å². The van der Waals surface area contributed by atoms with Crippen LogP contribution in [0.5, 0.6) is 5.75 Å².